The molecule has 1 N–H and O–H groups in total. The van der Waals surface area contributed by atoms with Gasteiger partial charge in [0, 0.05) is 18.8 Å². The summed E-state index contributed by atoms with van der Waals surface area (Å²) in [6.07, 6.45) is 2.50. The first-order chi connectivity index (χ1) is 15.2. The standard InChI is InChI=1S/C23H24F2N2O5/c1-15-5-4-6-16(2)22(15)26-19(28)13-27(3)20(29)14-31-21(30)12-9-17-7-10-18(11-8-17)32-23(24)25/h4-12,23H,13-14H2,1-3H3,(H,26,28)/b12-9+. The normalized spacial score (nSPS) is 10.8. The number of benzene rings is 2. The first kappa shape index (κ1) is 24.5. The number of likely N-dealkylation sites (N-methyl/N-ethyl adjacent to an activating group) is 1. The van der Waals surface area contributed by atoms with E-state index in [4.69, 9.17) is 4.74 Å². The van der Waals surface area contributed by atoms with E-state index in [1.165, 1.54) is 37.4 Å². The van der Waals surface area contributed by atoms with Crippen molar-refractivity contribution in [2.24, 2.45) is 0 Å². The lowest BCUT2D eigenvalue weighted by atomic mass is 10.1. The fraction of sp³-hybridized carbons (Fsp3) is 0.261. The summed E-state index contributed by atoms with van der Waals surface area (Å²) in [6.45, 7) is 0.0935. The first-order valence-corrected chi connectivity index (χ1v) is 9.65. The van der Waals surface area contributed by atoms with E-state index in [0.29, 0.717) is 11.3 Å². The highest BCUT2D eigenvalue weighted by Gasteiger charge is 2.15. The van der Waals surface area contributed by atoms with Gasteiger partial charge in [0.1, 0.15) is 5.75 Å². The third kappa shape index (κ3) is 7.82. The number of alkyl halides is 2. The van der Waals surface area contributed by atoms with Crippen LogP contribution >= 0.6 is 0 Å². The van der Waals surface area contributed by atoms with Gasteiger partial charge in [0.15, 0.2) is 6.61 Å². The predicted octanol–water partition coefficient (Wildman–Crippen LogP) is 3.56. The molecule has 0 radical (unpaired) electrons. The minimum Gasteiger partial charge on any atom is -0.452 e. The smallest absolute Gasteiger partial charge is 0.387 e. The fourth-order valence-corrected chi connectivity index (χ4v) is 2.71. The van der Waals surface area contributed by atoms with E-state index in [-0.39, 0.29) is 18.2 Å². The molecule has 0 saturated heterocycles. The van der Waals surface area contributed by atoms with E-state index >= 15 is 0 Å². The van der Waals surface area contributed by atoms with Crippen molar-refractivity contribution in [3.63, 3.8) is 0 Å². The van der Waals surface area contributed by atoms with E-state index in [1.807, 2.05) is 32.0 Å². The number of nitrogens with one attached hydrogen (secondary N) is 1. The molecule has 2 rings (SSSR count). The Bertz CT molecular complexity index is 970. The van der Waals surface area contributed by atoms with E-state index < -0.39 is 25.1 Å². The number of carbonyl (C=O) groups excluding carboxylic acids is 3. The number of carbonyl (C=O) groups is 3. The Morgan fingerprint density at radius 3 is 2.28 bits per heavy atom. The molecule has 2 amide bonds. The van der Waals surface area contributed by atoms with E-state index in [2.05, 4.69) is 10.1 Å². The highest BCUT2D eigenvalue weighted by Crippen LogP contribution is 2.19. The molecule has 0 bridgehead atoms. The Balaban J connectivity index is 1.79. The Morgan fingerprint density at radius 1 is 1.06 bits per heavy atom. The number of ether oxygens (including phenoxy) is 2. The molecular formula is C23H24F2N2O5. The second-order valence-electron chi connectivity index (χ2n) is 6.95. The molecule has 0 heterocycles. The number of nitrogens with zero attached hydrogens (tertiary/aromatic N) is 1. The molecule has 2 aromatic carbocycles. The van der Waals surface area contributed by atoms with Crippen molar-refractivity contribution >= 4 is 29.5 Å². The lowest BCUT2D eigenvalue weighted by molar-refractivity contribution is -0.148. The zero-order valence-electron chi connectivity index (χ0n) is 17.9. The minimum absolute atomic E-state index is 0.00465. The second kappa shape index (κ2) is 11.6. The first-order valence-electron chi connectivity index (χ1n) is 9.65. The third-order valence-electron chi connectivity index (χ3n) is 4.41. The van der Waals surface area contributed by atoms with Gasteiger partial charge in [-0.15, -0.1) is 0 Å². The number of hydrogen-bond donors (Lipinski definition) is 1. The summed E-state index contributed by atoms with van der Waals surface area (Å²) in [4.78, 5) is 37.3. The second-order valence-corrected chi connectivity index (χ2v) is 6.95. The van der Waals surface area contributed by atoms with Gasteiger partial charge >= 0.3 is 12.6 Å². The average Bonchev–Trinajstić information content (AvgIpc) is 2.73. The number of amides is 2. The van der Waals surface area contributed by atoms with Gasteiger partial charge in [0.25, 0.3) is 5.91 Å². The van der Waals surface area contributed by atoms with Crippen LogP contribution in [0, 0.1) is 13.8 Å². The van der Waals surface area contributed by atoms with Crippen LogP contribution in [-0.2, 0) is 19.1 Å². The van der Waals surface area contributed by atoms with Crippen LogP contribution in [0.1, 0.15) is 16.7 Å². The molecular weight excluding hydrogens is 422 g/mol. The average molecular weight is 446 g/mol. The zero-order chi connectivity index (χ0) is 23.7. The van der Waals surface area contributed by atoms with Crippen molar-refractivity contribution in [3.8, 4) is 5.75 Å². The number of halogens is 2. The summed E-state index contributed by atoms with van der Waals surface area (Å²) < 4.78 is 33.4. The van der Waals surface area contributed by atoms with Crippen LogP contribution in [0.4, 0.5) is 14.5 Å². The molecule has 9 heteroatoms. The zero-order valence-corrected chi connectivity index (χ0v) is 17.9. The van der Waals surface area contributed by atoms with Crippen molar-refractivity contribution in [3.05, 3.63) is 65.2 Å². The maximum atomic E-state index is 12.2. The summed E-state index contributed by atoms with van der Waals surface area (Å²) in [5, 5.41) is 2.78. The monoisotopic (exact) mass is 446 g/mol. The SMILES string of the molecule is Cc1cccc(C)c1NC(=O)CN(C)C(=O)COC(=O)/C=C/c1ccc(OC(F)F)cc1. The lowest BCUT2D eigenvalue weighted by Gasteiger charge is -2.18. The van der Waals surface area contributed by atoms with Gasteiger partial charge in [-0.25, -0.2) is 4.79 Å². The molecule has 0 aliphatic heterocycles. The Hall–Kier alpha value is -3.75. The van der Waals surface area contributed by atoms with Crippen molar-refractivity contribution in [1.82, 2.24) is 4.90 Å². The number of esters is 1. The predicted molar refractivity (Wildman–Crippen MR) is 115 cm³/mol. The van der Waals surface area contributed by atoms with Crippen molar-refractivity contribution < 1.29 is 32.6 Å². The summed E-state index contributed by atoms with van der Waals surface area (Å²) in [5.74, 6) is -1.68. The van der Waals surface area contributed by atoms with Gasteiger partial charge in [0.05, 0.1) is 6.54 Å². The minimum atomic E-state index is -2.92. The quantitative estimate of drug-likeness (QED) is 0.470. The lowest BCUT2D eigenvalue weighted by Crippen LogP contribution is -2.37. The van der Waals surface area contributed by atoms with Crippen LogP contribution in [0.5, 0.6) is 5.75 Å². The number of rotatable bonds is 9. The molecule has 2 aromatic rings. The maximum Gasteiger partial charge on any atom is 0.387 e. The molecule has 32 heavy (non-hydrogen) atoms. The molecule has 170 valence electrons. The topological polar surface area (TPSA) is 84.9 Å². The Labute approximate surface area is 184 Å². The van der Waals surface area contributed by atoms with Crippen LogP contribution in [0.2, 0.25) is 0 Å². The van der Waals surface area contributed by atoms with Crippen molar-refractivity contribution in [1.29, 1.82) is 0 Å². The molecule has 0 fully saturated rings. The van der Waals surface area contributed by atoms with Crippen molar-refractivity contribution in [2.75, 3.05) is 25.5 Å². The van der Waals surface area contributed by atoms with Gasteiger partial charge in [-0.05, 0) is 48.7 Å². The molecule has 0 atom stereocenters. The van der Waals surface area contributed by atoms with Gasteiger partial charge in [-0.3, -0.25) is 9.59 Å². The van der Waals surface area contributed by atoms with Gasteiger partial charge < -0.3 is 19.7 Å². The van der Waals surface area contributed by atoms with Crippen LogP contribution < -0.4 is 10.1 Å². The molecule has 0 aromatic heterocycles. The summed E-state index contributed by atoms with van der Waals surface area (Å²) in [5.41, 5.74) is 3.06. The Morgan fingerprint density at radius 2 is 1.69 bits per heavy atom. The van der Waals surface area contributed by atoms with Gasteiger partial charge in [0.2, 0.25) is 5.91 Å². The van der Waals surface area contributed by atoms with E-state index in [0.717, 1.165) is 22.1 Å². The molecule has 0 aliphatic rings. The van der Waals surface area contributed by atoms with Crippen LogP contribution in [0.25, 0.3) is 6.08 Å². The molecule has 0 saturated carbocycles. The van der Waals surface area contributed by atoms with Crippen LogP contribution in [-0.4, -0.2) is 49.5 Å². The highest BCUT2D eigenvalue weighted by atomic mass is 19.3. The number of anilines is 1. The highest BCUT2D eigenvalue weighted by molar-refractivity contribution is 5.96. The summed E-state index contributed by atoms with van der Waals surface area (Å²) in [6, 6.07) is 11.3. The third-order valence-corrected chi connectivity index (χ3v) is 4.41. The summed E-state index contributed by atoms with van der Waals surface area (Å²) >= 11 is 0. The largest absolute Gasteiger partial charge is 0.452 e. The van der Waals surface area contributed by atoms with Crippen molar-refractivity contribution in [2.45, 2.75) is 20.5 Å². The number of aryl methyl sites for hydroxylation is 2. The van der Waals surface area contributed by atoms with Crippen LogP contribution in [0.15, 0.2) is 48.5 Å². The molecule has 7 nitrogen and oxygen atoms in total. The molecule has 0 spiro atoms. The van der Waals surface area contributed by atoms with E-state index in [9.17, 15) is 23.2 Å². The Kier molecular flexibility index (Phi) is 8.88. The van der Waals surface area contributed by atoms with Gasteiger partial charge in [-0.2, -0.15) is 8.78 Å². The molecule has 0 unspecified atom stereocenters. The van der Waals surface area contributed by atoms with E-state index in [1.54, 1.807) is 0 Å². The maximum absolute atomic E-state index is 12.2. The number of hydrogen-bond acceptors (Lipinski definition) is 5. The fourth-order valence-electron chi connectivity index (χ4n) is 2.71. The summed E-state index contributed by atoms with van der Waals surface area (Å²) in [7, 11) is 1.43. The molecule has 0 aliphatic carbocycles. The number of para-hydroxylation sites is 1. The van der Waals surface area contributed by atoms with Gasteiger partial charge in [-0.1, -0.05) is 30.3 Å². The van der Waals surface area contributed by atoms with Crippen LogP contribution in [0.3, 0.4) is 0 Å².